The van der Waals surface area contributed by atoms with Gasteiger partial charge in [-0.1, -0.05) is 40.8 Å². The van der Waals surface area contributed by atoms with Gasteiger partial charge >= 0.3 is 0 Å². The van der Waals surface area contributed by atoms with Gasteiger partial charge in [0.25, 0.3) is 0 Å². The van der Waals surface area contributed by atoms with E-state index in [0.717, 1.165) is 0 Å². The summed E-state index contributed by atoms with van der Waals surface area (Å²) in [7, 11) is -2.13. The monoisotopic (exact) mass is 217 g/mol. The van der Waals surface area contributed by atoms with Crippen LogP contribution in [0.15, 0.2) is 0 Å². The molecule has 0 heterocycles. The fourth-order valence-corrected chi connectivity index (χ4v) is 11.9. The Hall–Kier alpha value is 0.394. The third-order valence-electron chi connectivity index (χ3n) is 3.52. The van der Waals surface area contributed by atoms with E-state index >= 15 is 0 Å². The molecule has 3 heteroatoms. The molecule has 80 valence electrons. The molecule has 0 saturated heterocycles. The largest absolute Gasteiger partial charge is 0.359 e. The highest BCUT2D eigenvalue weighted by molar-refractivity contribution is 6.92. The van der Waals surface area contributed by atoms with E-state index in [9.17, 15) is 0 Å². The van der Waals surface area contributed by atoms with Crippen molar-refractivity contribution in [3.63, 3.8) is 0 Å². The van der Waals surface area contributed by atoms with Gasteiger partial charge in [-0.05, 0) is 24.2 Å². The van der Waals surface area contributed by atoms with E-state index in [-0.39, 0.29) is 0 Å². The lowest BCUT2D eigenvalue weighted by molar-refractivity contribution is 1.07. The highest BCUT2D eigenvalue weighted by atomic mass is 28.4. The maximum Gasteiger partial charge on any atom is 0.118 e. The Kier molecular flexibility index (Phi) is 5.48. The molecule has 0 bridgehead atoms. The maximum absolute atomic E-state index is 4.08. The number of nitrogens with one attached hydrogen (secondary N) is 1. The molecule has 0 rings (SSSR count). The lowest BCUT2D eigenvalue weighted by atomic mass is 10.9. The molecule has 0 saturated carbocycles. The van der Waals surface area contributed by atoms with Gasteiger partial charge in [-0.25, -0.2) is 0 Å². The average Bonchev–Trinajstić information content (AvgIpc) is 2.14. The Morgan fingerprint density at radius 2 is 1.15 bits per heavy atom. The van der Waals surface area contributed by atoms with Crippen LogP contribution in [-0.2, 0) is 0 Å². The van der Waals surface area contributed by atoms with Gasteiger partial charge in [0, 0.05) is 0 Å². The molecule has 0 radical (unpaired) electrons. The topological polar surface area (TPSA) is 12.0 Å². The van der Waals surface area contributed by atoms with Gasteiger partial charge in [-0.2, -0.15) is 0 Å². The number of hydrogen-bond acceptors (Lipinski definition) is 1. The molecule has 1 nitrogen and oxygen atoms in total. The van der Waals surface area contributed by atoms with Crippen LogP contribution < -0.4 is 4.65 Å². The zero-order valence-electron chi connectivity index (χ0n) is 10.3. The summed E-state index contributed by atoms with van der Waals surface area (Å²) in [6, 6.07) is 5.56. The number of hydrogen-bond donors (Lipinski definition) is 1. The minimum Gasteiger partial charge on any atom is -0.359 e. The van der Waals surface area contributed by atoms with Crippen molar-refractivity contribution in [3.8, 4) is 0 Å². The van der Waals surface area contributed by atoms with E-state index in [1.807, 2.05) is 0 Å². The van der Waals surface area contributed by atoms with E-state index in [0.29, 0.717) is 0 Å². The SMILES string of the molecule is CC[Si](C)(C)N[Si](CC)(CC)CC. The highest BCUT2D eigenvalue weighted by Gasteiger charge is 2.33. The Morgan fingerprint density at radius 1 is 0.769 bits per heavy atom. The van der Waals surface area contributed by atoms with Crippen LogP contribution in [0.3, 0.4) is 0 Å². The predicted molar refractivity (Wildman–Crippen MR) is 68.3 cm³/mol. The van der Waals surface area contributed by atoms with Gasteiger partial charge in [0.15, 0.2) is 0 Å². The molecule has 0 atom stereocenters. The smallest absolute Gasteiger partial charge is 0.118 e. The van der Waals surface area contributed by atoms with Gasteiger partial charge < -0.3 is 4.65 Å². The summed E-state index contributed by atoms with van der Waals surface area (Å²) in [5, 5.41) is 0. The van der Waals surface area contributed by atoms with Crippen LogP contribution in [0.5, 0.6) is 0 Å². The quantitative estimate of drug-likeness (QED) is 0.667. The molecular formula is C10H27NSi2. The molecule has 1 N–H and O–H groups in total. The summed E-state index contributed by atoms with van der Waals surface area (Å²) in [4.78, 5) is 0. The first-order chi connectivity index (χ1) is 5.95. The minimum atomic E-state index is -1.06. The molecule has 0 unspecified atom stereocenters. The normalized spacial score (nSPS) is 13.4. The Labute approximate surface area is 86.5 Å². The molecule has 0 aliphatic carbocycles. The lowest BCUT2D eigenvalue weighted by Gasteiger charge is -2.37. The van der Waals surface area contributed by atoms with E-state index in [1.54, 1.807) is 0 Å². The second-order valence-electron chi connectivity index (χ2n) is 4.70. The van der Waals surface area contributed by atoms with Gasteiger partial charge in [0.05, 0.1) is 0 Å². The predicted octanol–water partition coefficient (Wildman–Crippen LogP) is 3.81. The van der Waals surface area contributed by atoms with Crippen LogP contribution in [-0.4, -0.2) is 16.5 Å². The molecule has 0 spiro atoms. The molecule has 0 amide bonds. The van der Waals surface area contributed by atoms with Crippen molar-refractivity contribution in [1.82, 2.24) is 4.65 Å². The third kappa shape index (κ3) is 3.96. The summed E-state index contributed by atoms with van der Waals surface area (Å²) in [6.45, 7) is 14.4. The van der Waals surface area contributed by atoms with Crippen molar-refractivity contribution in [2.45, 2.75) is 65.0 Å². The first-order valence-corrected chi connectivity index (χ1v) is 11.6. The van der Waals surface area contributed by atoms with Gasteiger partial charge in [-0.3, -0.25) is 0 Å². The third-order valence-corrected chi connectivity index (χ3v) is 14.2. The van der Waals surface area contributed by atoms with Crippen LogP contribution in [0.2, 0.25) is 37.3 Å². The summed E-state index contributed by atoms with van der Waals surface area (Å²) in [6.07, 6.45) is 0. The summed E-state index contributed by atoms with van der Waals surface area (Å²) in [5.74, 6) is 0. The Balaban J connectivity index is 4.41. The molecule has 0 aliphatic rings. The maximum atomic E-state index is 4.08. The molecule has 0 aromatic heterocycles. The first-order valence-electron chi connectivity index (χ1n) is 5.74. The zero-order chi connectivity index (χ0) is 10.5. The Morgan fingerprint density at radius 3 is 1.38 bits per heavy atom. The molecule has 13 heavy (non-hydrogen) atoms. The van der Waals surface area contributed by atoms with E-state index in [2.05, 4.69) is 45.4 Å². The van der Waals surface area contributed by atoms with Crippen LogP contribution in [0.25, 0.3) is 0 Å². The fraction of sp³-hybridized carbons (Fsp3) is 1.00. The molecular weight excluding hydrogens is 190 g/mol. The van der Waals surface area contributed by atoms with Crippen LogP contribution in [0, 0.1) is 0 Å². The zero-order valence-corrected chi connectivity index (χ0v) is 12.3. The van der Waals surface area contributed by atoms with Gasteiger partial charge in [0.1, 0.15) is 16.5 Å². The average molecular weight is 218 g/mol. The molecule has 0 aliphatic heterocycles. The highest BCUT2D eigenvalue weighted by Crippen LogP contribution is 2.20. The van der Waals surface area contributed by atoms with Crippen molar-refractivity contribution in [2.75, 3.05) is 0 Å². The van der Waals surface area contributed by atoms with Crippen molar-refractivity contribution in [3.05, 3.63) is 0 Å². The second-order valence-corrected chi connectivity index (χ2v) is 14.9. The van der Waals surface area contributed by atoms with Crippen LogP contribution in [0.1, 0.15) is 27.7 Å². The van der Waals surface area contributed by atoms with Crippen molar-refractivity contribution < 1.29 is 0 Å². The second kappa shape index (κ2) is 5.32. The summed E-state index contributed by atoms with van der Waals surface area (Å²) < 4.78 is 4.08. The summed E-state index contributed by atoms with van der Waals surface area (Å²) in [5.41, 5.74) is 0. The molecule has 0 fully saturated rings. The minimum absolute atomic E-state index is 1.06. The van der Waals surface area contributed by atoms with E-state index < -0.39 is 16.5 Å². The van der Waals surface area contributed by atoms with Crippen molar-refractivity contribution >= 4 is 16.5 Å². The number of rotatable bonds is 6. The van der Waals surface area contributed by atoms with Crippen molar-refractivity contribution in [2.24, 2.45) is 0 Å². The fourth-order valence-electron chi connectivity index (χ4n) is 1.82. The van der Waals surface area contributed by atoms with Crippen LogP contribution in [0.4, 0.5) is 0 Å². The van der Waals surface area contributed by atoms with Gasteiger partial charge in [-0.15, -0.1) is 0 Å². The van der Waals surface area contributed by atoms with E-state index in [4.69, 9.17) is 0 Å². The van der Waals surface area contributed by atoms with Crippen molar-refractivity contribution in [1.29, 1.82) is 0 Å². The van der Waals surface area contributed by atoms with Gasteiger partial charge in [0.2, 0.25) is 0 Å². The first kappa shape index (κ1) is 13.4. The van der Waals surface area contributed by atoms with E-state index in [1.165, 1.54) is 24.2 Å². The lowest BCUT2D eigenvalue weighted by Crippen LogP contribution is -2.60. The summed E-state index contributed by atoms with van der Waals surface area (Å²) >= 11 is 0. The standard InChI is InChI=1S/C10H27NSi2/c1-7-12(5,6)11-13(8-2,9-3)10-4/h11H,7-10H2,1-6H3. The Bertz CT molecular complexity index is 134. The van der Waals surface area contributed by atoms with Crippen LogP contribution >= 0.6 is 0 Å². The molecule has 0 aromatic carbocycles. The molecule has 0 aromatic rings.